The van der Waals surface area contributed by atoms with Gasteiger partial charge in [0.2, 0.25) is 0 Å². The van der Waals surface area contributed by atoms with Crippen LogP contribution in [0.1, 0.15) is 0 Å². The Labute approximate surface area is 253 Å². The third-order valence-corrected chi connectivity index (χ3v) is 5.39. The molecule has 4 unspecified atom stereocenters. The van der Waals surface area contributed by atoms with E-state index in [0.717, 1.165) is 0 Å². The summed E-state index contributed by atoms with van der Waals surface area (Å²) in [7, 11) is -12.3. The van der Waals surface area contributed by atoms with Gasteiger partial charge in [-0.1, -0.05) is 72.8 Å². The molecule has 0 saturated carbocycles. The molecule has 17 heteroatoms. The monoisotopic (exact) mass is 726 g/mol. The van der Waals surface area contributed by atoms with Crippen molar-refractivity contribution in [2.24, 2.45) is 0 Å². The third-order valence-electron chi connectivity index (χ3n) is 3.78. The van der Waals surface area contributed by atoms with Gasteiger partial charge >= 0.3 is 21.1 Å². The number of hydrogen-bond acceptors (Lipinski definition) is 12. The second kappa shape index (κ2) is 24.2. The standard InChI is InChI=1S/4C6H7O3P.Mo/c4*7-10(8)9-6-4-2-1-3-5-6;/h4*1-5,10H,(H,7,8);/q;;;;+4/p-4. The molecule has 0 bridgehead atoms. The van der Waals surface area contributed by atoms with Crippen LogP contribution in [0.3, 0.4) is 0 Å². The summed E-state index contributed by atoms with van der Waals surface area (Å²) in [6.07, 6.45) is 0. The van der Waals surface area contributed by atoms with E-state index < -0.39 is 33.0 Å². The predicted octanol–water partition coefficient (Wildman–Crippen LogP) is 3.26. The van der Waals surface area contributed by atoms with E-state index in [2.05, 4.69) is 18.1 Å². The van der Waals surface area contributed by atoms with Crippen molar-refractivity contribution >= 4 is 33.0 Å². The van der Waals surface area contributed by atoms with Gasteiger partial charge in [0.05, 0.1) is 0 Å². The summed E-state index contributed by atoms with van der Waals surface area (Å²) in [5.41, 5.74) is 0. The number of rotatable bonds is 8. The first-order chi connectivity index (χ1) is 19.2. The fourth-order valence-electron chi connectivity index (χ4n) is 2.34. The SMILES string of the molecule is O=[PH]([O-])Oc1ccccc1.O=[PH]([O-])Oc1ccccc1.O=[PH]([O-])Oc1ccccc1.O=[PH]([O-])Oc1ccccc1.[Mo+4]. The Kier molecular flexibility index (Phi) is 22.7. The minimum atomic E-state index is -3.09. The molecule has 41 heavy (non-hydrogen) atoms. The second-order valence-corrected chi connectivity index (χ2v) is 9.48. The predicted molar refractivity (Wildman–Crippen MR) is 144 cm³/mol. The van der Waals surface area contributed by atoms with Crippen LogP contribution in [0.15, 0.2) is 121 Å². The van der Waals surface area contributed by atoms with Crippen molar-refractivity contribution in [2.75, 3.05) is 0 Å². The maximum Gasteiger partial charge on any atom is 4.00 e. The largest absolute Gasteiger partial charge is 4.00 e. The summed E-state index contributed by atoms with van der Waals surface area (Å²) in [6, 6.07) is 33.5. The van der Waals surface area contributed by atoms with E-state index in [1.54, 1.807) is 121 Å². The molecule has 0 heterocycles. The van der Waals surface area contributed by atoms with Gasteiger partial charge in [-0.15, -0.1) is 0 Å². The van der Waals surface area contributed by atoms with Gasteiger partial charge in [-0.25, -0.2) is 0 Å². The first-order valence-electron chi connectivity index (χ1n) is 10.9. The summed E-state index contributed by atoms with van der Waals surface area (Å²) in [4.78, 5) is 40.1. The molecule has 4 aromatic carbocycles. The van der Waals surface area contributed by atoms with Crippen LogP contribution in [0.5, 0.6) is 23.0 Å². The van der Waals surface area contributed by atoms with Crippen molar-refractivity contribution in [1.82, 2.24) is 0 Å². The minimum absolute atomic E-state index is 0. The van der Waals surface area contributed by atoms with Crippen LogP contribution in [0, 0.1) is 0 Å². The maximum atomic E-state index is 10.0. The third kappa shape index (κ3) is 22.9. The van der Waals surface area contributed by atoms with Crippen LogP contribution in [0.2, 0.25) is 0 Å². The smallest absolute Gasteiger partial charge is 0.771 e. The number of benzene rings is 4. The number of hydrogen-bond donors (Lipinski definition) is 0. The Morgan fingerprint density at radius 2 is 0.488 bits per heavy atom. The summed E-state index contributed by atoms with van der Waals surface area (Å²) < 4.78 is 57.7. The van der Waals surface area contributed by atoms with E-state index in [1.165, 1.54) is 0 Å². The molecule has 0 amide bonds. The van der Waals surface area contributed by atoms with Crippen molar-refractivity contribution in [3.63, 3.8) is 0 Å². The van der Waals surface area contributed by atoms with Crippen LogP contribution >= 0.6 is 33.0 Å². The van der Waals surface area contributed by atoms with E-state index in [9.17, 15) is 37.8 Å². The molecule has 0 aliphatic heterocycles. The zero-order valence-electron chi connectivity index (χ0n) is 20.9. The van der Waals surface area contributed by atoms with Gasteiger partial charge in [0.15, 0.2) is 33.0 Å². The summed E-state index contributed by atoms with van der Waals surface area (Å²) in [6.45, 7) is 0. The normalized spacial score (nSPS) is 12.2. The van der Waals surface area contributed by atoms with Crippen molar-refractivity contribution in [3.8, 4) is 23.0 Å². The van der Waals surface area contributed by atoms with Crippen LogP contribution in [-0.2, 0) is 39.3 Å². The summed E-state index contributed by atoms with van der Waals surface area (Å²) in [5, 5.41) is 0. The fourth-order valence-corrected chi connectivity index (χ4v) is 3.65. The van der Waals surface area contributed by atoms with Crippen LogP contribution in [0.4, 0.5) is 0 Å². The topological polar surface area (TPSA) is 197 Å². The average molecular weight is 724 g/mol. The molecule has 0 aromatic heterocycles. The van der Waals surface area contributed by atoms with Crippen molar-refractivity contribution in [1.29, 1.82) is 0 Å². The zero-order chi connectivity index (χ0) is 29.6. The summed E-state index contributed by atoms with van der Waals surface area (Å²) >= 11 is 0. The van der Waals surface area contributed by atoms with Gasteiger partial charge in [0.1, 0.15) is 23.0 Å². The Balaban J connectivity index is 0.000000516. The molecule has 4 aromatic rings. The van der Waals surface area contributed by atoms with Crippen molar-refractivity contribution in [2.45, 2.75) is 0 Å². The van der Waals surface area contributed by atoms with E-state index in [4.69, 9.17) is 0 Å². The molecule has 12 nitrogen and oxygen atoms in total. The second-order valence-electron chi connectivity index (χ2n) is 6.66. The summed E-state index contributed by atoms with van der Waals surface area (Å²) in [5.74, 6) is 1.45. The molecule has 0 aliphatic carbocycles. The van der Waals surface area contributed by atoms with Crippen LogP contribution in [-0.4, -0.2) is 0 Å². The molecule has 0 spiro atoms. The van der Waals surface area contributed by atoms with Gasteiger partial charge in [-0.2, -0.15) is 0 Å². The molecule has 0 fully saturated rings. The molecule has 4 rings (SSSR count). The van der Waals surface area contributed by atoms with E-state index in [-0.39, 0.29) is 21.1 Å². The van der Waals surface area contributed by atoms with Gasteiger partial charge in [-0.05, 0) is 48.5 Å². The van der Waals surface area contributed by atoms with Crippen molar-refractivity contribution < 1.29 is 77.0 Å². The molecular formula is C24H24MoO12P4. The van der Waals surface area contributed by atoms with Crippen LogP contribution < -0.4 is 37.7 Å². The molecule has 0 radical (unpaired) electrons. The Morgan fingerprint density at radius 3 is 0.610 bits per heavy atom. The fraction of sp³-hybridized carbons (Fsp3) is 0. The zero-order valence-corrected chi connectivity index (χ0v) is 26.9. The van der Waals surface area contributed by atoms with Gasteiger partial charge in [0.25, 0.3) is 0 Å². The Bertz CT molecular complexity index is 1100. The molecule has 0 aliphatic rings. The van der Waals surface area contributed by atoms with E-state index in [1.807, 2.05) is 0 Å². The van der Waals surface area contributed by atoms with Gasteiger partial charge in [0, 0.05) is 0 Å². The molecular weight excluding hydrogens is 700 g/mol. The number of para-hydroxylation sites is 4. The molecule has 4 atom stereocenters. The minimum Gasteiger partial charge on any atom is -0.771 e. The first kappa shape index (κ1) is 38.5. The van der Waals surface area contributed by atoms with Gasteiger partial charge < -0.3 is 37.7 Å². The Morgan fingerprint density at radius 1 is 0.341 bits per heavy atom. The maximum absolute atomic E-state index is 10.0. The van der Waals surface area contributed by atoms with E-state index in [0.29, 0.717) is 23.0 Å². The quantitative estimate of drug-likeness (QED) is 0.190. The molecule has 218 valence electrons. The average Bonchev–Trinajstić information content (AvgIpc) is 2.91. The van der Waals surface area contributed by atoms with Gasteiger partial charge in [-0.3, -0.25) is 18.3 Å². The van der Waals surface area contributed by atoms with Crippen LogP contribution in [0.25, 0.3) is 0 Å². The van der Waals surface area contributed by atoms with E-state index >= 15 is 0 Å². The molecule has 0 N–H and O–H groups in total. The van der Waals surface area contributed by atoms with Crippen molar-refractivity contribution in [3.05, 3.63) is 121 Å². The molecule has 0 saturated heterocycles. The first-order valence-corrected chi connectivity index (χ1v) is 15.8. The Hall–Kier alpha value is -2.47.